The number of aliphatic hydroxyl groups is 1. The second kappa shape index (κ2) is 7.71. The molecule has 3 N–H and O–H groups in total. The van der Waals surface area contributed by atoms with Crippen LogP contribution < -0.4 is 5.32 Å². The van der Waals surface area contributed by atoms with E-state index in [1.807, 2.05) is 0 Å². The Kier molecular flexibility index (Phi) is 6.60. The lowest BCUT2D eigenvalue weighted by atomic mass is 9.85. The van der Waals surface area contributed by atoms with E-state index in [0.29, 0.717) is 31.0 Å². The first-order valence-electron chi connectivity index (χ1n) is 6.81. The molecule has 1 saturated heterocycles. The summed E-state index contributed by atoms with van der Waals surface area (Å²) in [6.45, 7) is 7.69. The number of rotatable bonds is 7. The largest absolute Gasteiger partial charge is 0.481 e. The van der Waals surface area contributed by atoms with Gasteiger partial charge in [-0.2, -0.15) is 0 Å². The van der Waals surface area contributed by atoms with E-state index in [1.165, 1.54) is 0 Å². The first-order chi connectivity index (χ1) is 8.52. The van der Waals surface area contributed by atoms with Gasteiger partial charge in [-0.1, -0.05) is 13.8 Å². The zero-order chi connectivity index (χ0) is 13.5. The molecule has 2 unspecified atom stereocenters. The van der Waals surface area contributed by atoms with E-state index >= 15 is 0 Å². The molecule has 18 heavy (non-hydrogen) atoms. The zero-order valence-corrected chi connectivity index (χ0v) is 11.4. The van der Waals surface area contributed by atoms with E-state index in [0.717, 1.165) is 19.5 Å². The van der Waals surface area contributed by atoms with Gasteiger partial charge in [-0.3, -0.25) is 4.79 Å². The lowest BCUT2D eigenvalue weighted by Crippen LogP contribution is -2.51. The molecule has 0 aliphatic carbocycles. The normalized spacial score (nSPS) is 25.6. The van der Waals surface area contributed by atoms with Crippen LogP contribution in [0.15, 0.2) is 0 Å². The SMILES string of the molecule is CC(C)C1CC(NCCO)CN(CCC(=O)O)C1. The summed E-state index contributed by atoms with van der Waals surface area (Å²) >= 11 is 0. The van der Waals surface area contributed by atoms with Crippen molar-refractivity contribution in [1.82, 2.24) is 10.2 Å². The maximum atomic E-state index is 10.6. The highest BCUT2D eigenvalue weighted by molar-refractivity contribution is 5.66. The summed E-state index contributed by atoms with van der Waals surface area (Å²) in [4.78, 5) is 12.9. The number of carbonyl (C=O) groups is 1. The number of piperidine rings is 1. The van der Waals surface area contributed by atoms with Crippen LogP contribution in [-0.4, -0.2) is 59.9 Å². The van der Waals surface area contributed by atoms with Crippen molar-refractivity contribution in [3.63, 3.8) is 0 Å². The number of hydrogen-bond acceptors (Lipinski definition) is 4. The van der Waals surface area contributed by atoms with Crippen molar-refractivity contribution in [2.45, 2.75) is 32.7 Å². The third-order valence-corrected chi connectivity index (χ3v) is 3.69. The van der Waals surface area contributed by atoms with Gasteiger partial charge in [0, 0.05) is 32.2 Å². The van der Waals surface area contributed by atoms with Crippen molar-refractivity contribution in [3.8, 4) is 0 Å². The molecule has 0 bridgehead atoms. The third kappa shape index (κ3) is 5.33. The summed E-state index contributed by atoms with van der Waals surface area (Å²) in [6, 6.07) is 0.368. The summed E-state index contributed by atoms with van der Waals surface area (Å²) in [5.74, 6) is 0.473. The maximum Gasteiger partial charge on any atom is 0.304 e. The first-order valence-corrected chi connectivity index (χ1v) is 6.81. The Morgan fingerprint density at radius 2 is 2.17 bits per heavy atom. The summed E-state index contributed by atoms with van der Waals surface area (Å²) in [5.41, 5.74) is 0. The van der Waals surface area contributed by atoms with Gasteiger partial charge in [0.25, 0.3) is 0 Å². The Morgan fingerprint density at radius 1 is 1.44 bits per heavy atom. The molecule has 0 saturated carbocycles. The molecule has 5 heteroatoms. The molecular weight excluding hydrogens is 232 g/mol. The second-order valence-corrected chi connectivity index (χ2v) is 5.52. The van der Waals surface area contributed by atoms with Crippen molar-refractivity contribution in [2.75, 3.05) is 32.8 Å². The first kappa shape index (κ1) is 15.4. The molecule has 0 aromatic carbocycles. The van der Waals surface area contributed by atoms with E-state index in [-0.39, 0.29) is 13.0 Å². The minimum absolute atomic E-state index is 0.151. The average Bonchev–Trinajstić information content (AvgIpc) is 2.33. The standard InChI is InChI=1S/C13H26N2O3/c1-10(2)11-7-12(14-4-6-16)9-15(8-11)5-3-13(17)18/h10-12,14,16H,3-9H2,1-2H3,(H,17,18). The molecule has 0 spiro atoms. The van der Waals surface area contributed by atoms with Gasteiger partial charge >= 0.3 is 5.97 Å². The third-order valence-electron chi connectivity index (χ3n) is 3.69. The van der Waals surface area contributed by atoms with Gasteiger partial charge in [-0.15, -0.1) is 0 Å². The fourth-order valence-electron chi connectivity index (χ4n) is 2.57. The Balaban J connectivity index is 2.48. The van der Waals surface area contributed by atoms with Crippen LogP contribution in [0.3, 0.4) is 0 Å². The number of aliphatic carboxylic acids is 1. The number of aliphatic hydroxyl groups excluding tert-OH is 1. The highest BCUT2D eigenvalue weighted by atomic mass is 16.4. The molecule has 0 radical (unpaired) electrons. The monoisotopic (exact) mass is 258 g/mol. The molecule has 0 aromatic heterocycles. The lowest BCUT2D eigenvalue weighted by Gasteiger charge is -2.39. The summed E-state index contributed by atoms with van der Waals surface area (Å²) < 4.78 is 0. The minimum Gasteiger partial charge on any atom is -0.481 e. The van der Waals surface area contributed by atoms with E-state index in [1.54, 1.807) is 0 Å². The fraction of sp³-hybridized carbons (Fsp3) is 0.923. The Labute approximate surface area is 109 Å². The number of nitrogens with one attached hydrogen (secondary N) is 1. The van der Waals surface area contributed by atoms with E-state index < -0.39 is 5.97 Å². The van der Waals surface area contributed by atoms with Gasteiger partial charge in [0.15, 0.2) is 0 Å². The number of carboxylic acids is 1. The molecule has 1 aliphatic heterocycles. The van der Waals surface area contributed by atoms with Crippen molar-refractivity contribution in [3.05, 3.63) is 0 Å². The van der Waals surface area contributed by atoms with E-state index in [2.05, 4.69) is 24.1 Å². The number of carboxylic acid groups (broad SMARTS) is 1. The number of hydrogen-bond donors (Lipinski definition) is 3. The lowest BCUT2D eigenvalue weighted by molar-refractivity contribution is -0.137. The highest BCUT2D eigenvalue weighted by Gasteiger charge is 2.28. The molecule has 1 rings (SSSR count). The van der Waals surface area contributed by atoms with Crippen LogP contribution in [0.4, 0.5) is 0 Å². The van der Waals surface area contributed by atoms with Crippen LogP contribution in [0, 0.1) is 11.8 Å². The Morgan fingerprint density at radius 3 is 2.72 bits per heavy atom. The molecule has 2 atom stereocenters. The Bertz CT molecular complexity index is 259. The van der Waals surface area contributed by atoms with Crippen molar-refractivity contribution < 1.29 is 15.0 Å². The van der Waals surface area contributed by atoms with Crippen LogP contribution in [0.2, 0.25) is 0 Å². The predicted molar refractivity (Wildman–Crippen MR) is 70.5 cm³/mol. The topological polar surface area (TPSA) is 72.8 Å². The Hall–Kier alpha value is -0.650. The van der Waals surface area contributed by atoms with Crippen molar-refractivity contribution >= 4 is 5.97 Å². The van der Waals surface area contributed by atoms with Crippen LogP contribution in [0.5, 0.6) is 0 Å². The van der Waals surface area contributed by atoms with Gasteiger partial charge in [-0.05, 0) is 18.3 Å². The van der Waals surface area contributed by atoms with Gasteiger partial charge in [0.05, 0.1) is 13.0 Å². The van der Waals surface area contributed by atoms with Gasteiger partial charge < -0.3 is 20.4 Å². The minimum atomic E-state index is -0.735. The van der Waals surface area contributed by atoms with Crippen LogP contribution >= 0.6 is 0 Å². The van der Waals surface area contributed by atoms with Crippen molar-refractivity contribution in [1.29, 1.82) is 0 Å². The number of nitrogens with zero attached hydrogens (tertiary/aromatic N) is 1. The second-order valence-electron chi connectivity index (χ2n) is 5.52. The molecule has 5 nitrogen and oxygen atoms in total. The summed E-state index contributed by atoms with van der Waals surface area (Å²) in [6.07, 6.45) is 1.32. The molecule has 1 fully saturated rings. The predicted octanol–water partition coefficient (Wildman–Crippen LogP) is 0.390. The van der Waals surface area contributed by atoms with E-state index in [4.69, 9.17) is 10.2 Å². The number of likely N-dealkylation sites (tertiary alicyclic amines) is 1. The summed E-state index contributed by atoms with van der Waals surface area (Å²) in [7, 11) is 0. The quantitative estimate of drug-likeness (QED) is 0.616. The zero-order valence-electron chi connectivity index (χ0n) is 11.4. The summed E-state index contributed by atoms with van der Waals surface area (Å²) in [5, 5.41) is 20.9. The van der Waals surface area contributed by atoms with E-state index in [9.17, 15) is 4.79 Å². The molecule has 1 heterocycles. The van der Waals surface area contributed by atoms with Gasteiger partial charge in [0.1, 0.15) is 0 Å². The molecular formula is C13H26N2O3. The van der Waals surface area contributed by atoms with Gasteiger partial charge in [0.2, 0.25) is 0 Å². The molecule has 0 amide bonds. The average molecular weight is 258 g/mol. The molecule has 0 aromatic rings. The molecule has 1 aliphatic rings. The van der Waals surface area contributed by atoms with Crippen LogP contribution in [0.25, 0.3) is 0 Å². The smallest absolute Gasteiger partial charge is 0.304 e. The molecule has 106 valence electrons. The van der Waals surface area contributed by atoms with Gasteiger partial charge in [-0.25, -0.2) is 0 Å². The van der Waals surface area contributed by atoms with Crippen LogP contribution in [-0.2, 0) is 4.79 Å². The van der Waals surface area contributed by atoms with Crippen LogP contribution in [0.1, 0.15) is 26.7 Å². The fourth-order valence-corrected chi connectivity index (χ4v) is 2.57. The van der Waals surface area contributed by atoms with Crippen molar-refractivity contribution in [2.24, 2.45) is 11.8 Å². The highest BCUT2D eigenvalue weighted by Crippen LogP contribution is 2.23. The maximum absolute atomic E-state index is 10.6.